The topological polar surface area (TPSA) is 45.7 Å². The smallest absolute Gasteiger partial charge is 0.191 e. The number of aliphatic imine (C=N–C) groups is 1. The summed E-state index contributed by atoms with van der Waals surface area (Å²) in [6, 6.07) is 8.57. The van der Waals surface area contributed by atoms with Crippen LogP contribution in [0.1, 0.15) is 50.7 Å². The number of benzene rings is 1. The molecular weight excluding hydrogens is 425 g/mol. The lowest BCUT2D eigenvalue weighted by atomic mass is 9.67. The number of hydrogen-bond acceptors (Lipinski definition) is 2. The molecule has 1 aromatic rings. The van der Waals surface area contributed by atoms with Crippen molar-refractivity contribution in [2.75, 3.05) is 26.8 Å². The molecule has 1 aliphatic carbocycles. The second-order valence-corrected chi connectivity index (χ2v) is 6.77. The Bertz CT molecular complexity index is 529. The van der Waals surface area contributed by atoms with E-state index in [4.69, 9.17) is 9.73 Å². The Labute approximate surface area is 170 Å². The van der Waals surface area contributed by atoms with Gasteiger partial charge in [-0.15, -0.1) is 24.0 Å². The summed E-state index contributed by atoms with van der Waals surface area (Å²) >= 11 is 0. The van der Waals surface area contributed by atoms with Gasteiger partial charge in [0.2, 0.25) is 0 Å². The standard InChI is InChI=1S/C20H33N3O.HI/c1-4-17-9-6-7-10-18(17)15-22-19(21-5-2)23-16-20(11-8-12-20)13-14-24-3;/h6-7,9-10H,4-5,8,11-16H2,1-3H3,(H2,21,22,23);1H. The highest BCUT2D eigenvalue weighted by atomic mass is 127. The van der Waals surface area contributed by atoms with Crippen molar-refractivity contribution in [1.82, 2.24) is 10.6 Å². The predicted octanol–water partition coefficient (Wildman–Crippen LogP) is 4.13. The van der Waals surface area contributed by atoms with E-state index in [0.717, 1.165) is 45.0 Å². The van der Waals surface area contributed by atoms with Gasteiger partial charge in [0.1, 0.15) is 0 Å². The highest BCUT2D eigenvalue weighted by Gasteiger charge is 2.36. The van der Waals surface area contributed by atoms with E-state index in [-0.39, 0.29) is 24.0 Å². The lowest BCUT2D eigenvalue weighted by molar-refractivity contribution is 0.0732. The number of methoxy groups -OCH3 is 1. The molecule has 2 rings (SSSR count). The molecule has 25 heavy (non-hydrogen) atoms. The second-order valence-electron chi connectivity index (χ2n) is 6.77. The average Bonchev–Trinajstić information content (AvgIpc) is 2.58. The van der Waals surface area contributed by atoms with E-state index in [9.17, 15) is 0 Å². The third-order valence-electron chi connectivity index (χ3n) is 5.13. The normalized spacial score (nSPS) is 15.9. The first kappa shape index (κ1) is 22.2. The minimum Gasteiger partial charge on any atom is -0.385 e. The number of hydrogen-bond donors (Lipinski definition) is 2. The SMILES string of the molecule is CCNC(=NCc1ccccc1CC)NCC1(CCOC)CCC1.I. The van der Waals surface area contributed by atoms with E-state index in [2.05, 4.69) is 48.7 Å². The molecule has 1 saturated carbocycles. The highest BCUT2D eigenvalue weighted by Crippen LogP contribution is 2.43. The van der Waals surface area contributed by atoms with E-state index in [1.165, 1.54) is 30.4 Å². The number of aryl methyl sites for hydroxylation is 1. The summed E-state index contributed by atoms with van der Waals surface area (Å²) in [5.41, 5.74) is 3.09. The summed E-state index contributed by atoms with van der Waals surface area (Å²) in [4.78, 5) is 4.80. The Morgan fingerprint density at radius 2 is 1.88 bits per heavy atom. The van der Waals surface area contributed by atoms with Gasteiger partial charge in [-0.05, 0) is 49.1 Å². The van der Waals surface area contributed by atoms with Crippen molar-refractivity contribution >= 4 is 29.9 Å². The van der Waals surface area contributed by atoms with E-state index < -0.39 is 0 Å². The van der Waals surface area contributed by atoms with Crippen LogP contribution in [0.5, 0.6) is 0 Å². The third kappa shape index (κ3) is 6.77. The monoisotopic (exact) mass is 459 g/mol. The van der Waals surface area contributed by atoms with Crippen LogP contribution in [-0.4, -0.2) is 32.8 Å². The summed E-state index contributed by atoms with van der Waals surface area (Å²) in [5.74, 6) is 0.923. The maximum atomic E-state index is 5.28. The molecule has 4 nitrogen and oxygen atoms in total. The van der Waals surface area contributed by atoms with Crippen LogP contribution < -0.4 is 10.6 Å². The molecule has 0 atom stereocenters. The molecule has 5 heteroatoms. The van der Waals surface area contributed by atoms with Crippen LogP contribution in [0.25, 0.3) is 0 Å². The molecule has 1 aromatic carbocycles. The van der Waals surface area contributed by atoms with Crippen molar-refractivity contribution in [2.24, 2.45) is 10.4 Å². The van der Waals surface area contributed by atoms with Crippen molar-refractivity contribution in [1.29, 1.82) is 0 Å². The molecule has 2 N–H and O–H groups in total. The molecular formula is C20H34IN3O. The van der Waals surface area contributed by atoms with E-state index >= 15 is 0 Å². The fourth-order valence-electron chi connectivity index (χ4n) is 3.34. The molecule has 0 spiro atoms. The molecule has 0 saturated heterocycles. The molecule has 0 heterocycles. The van der Waals surface area contributed by atoms with Crippen molar-refractivity contribution in [3.05, 3.63) is 35.4 Å². The van der Waals surface area contributed by atoms with E-state index in [1.54, 1.807) is 7.11 Å². The van der Waals surface area contributed by atoms with Crippen LogP contribution >= 0.6 is 24.0 Å². The van der Waals surface area contributed by atoms with Gasteiger partial charge < -0.3 is 15.4 Å². The Kier molecular flexibility index (Phi) is 10.4. The number of nitrogens with one attached hydrogen (secondary N) is 2. The summed E-state index contributed by atoms with van der Waals surface area (Å²) in [6.07, 6.45) is 6.11. The van der Waals surface area contributed by atoms with Gasteiger partial charge in [-0.3, -0.25) is 0 Å². The number of nitrogens with zero attached hydrogens (tertiary/aromatic N) is 1. The molecule has 0 aliphatic heterocycles. The van der Waals surface area contributed by atoms with Gasteiger partial charge in [0.25, 0.3) is 0 Å². The zero-order chi connectivity index (χ0) is 17.3. The average molecular weight is 459 g/mol. The fraction of sp³-hybridized carbons (Fsp3) is 0.650. The van der Waals surface area contributed by atoms with Gasteiger partial charge in [0.05, 0.1) is 6.54 Å². The van der Waals surface area contributed by atoms with Gasteiger partial charge in [-0.2, -0.15) is 0 Å². The maximum absolute atomic E-state index is 5.28. The molecule has 1 fully saturated rings. The molecule has 0 unspecified atom stereocenters. The van der Waals surface area contributed by atoms with Crippen molar-refractivity contribution in [3.63, 3.8) is 0 Å². The summed E-state index contributed by atoms with van der Waals surface area (Å²) in [6.45, 7) is 7.75. The minimum absolute atomic E-state index is 0. The number of halogens is 1. The Morgan fingerprint density at radius 3 is 2.44 bits per heavy atom. The van der Waals surface area contributed by atoms with Gasteiger partial charge >= 0.3 is 0 Å². The van der Waals surface area contributed by atoms with Crippen LogP contribution in [0.2, 0.25) is 0 Å². The third-order valence-corrected chi connectivity index (χ3v) is 5.13. The van der Waals surface area contributed by atoms with E-state index in [0.29, 0.717) is 5.41 Å². The van der Waals surface area contributed by atoms with Crippen LogP contribution in [-0.2, 0) is 17.7 Å². The Balaban J connectivity index is 0.00000312. The van der Waals surface area contributed by atoms with Crippen LogP contribution in [0, 0.1) is 5.41 Å². The second kappa shape index (κ2) is 11.7. The first-order chi connectivity index (χ1) is 11.7. The largest absolute Gasteiger partial charge is 0.385 e. The molecule has 1 aliphatic rings. The minimum atomic E-state index is 0. The van der Waals surface area contributed by atoms with Gasteiger partial charge in [-0.25, -0.2) is 4.99 Å². The first-order valence-corrected chi connectivity index (χ1v) is 9.31. The van der Waals surface area contributed by atoms with Crippen LogP contribution in [0.3, 0.4) is 0 Å². The Hall–Kier alpha value is -0.820. The Morgan fingerprint density at radius 1 is 1.16 bits per heavy atom. The highest BCUT2D eigenvalue weighted by molar-refractivity contribution is 14.0. The van der Waals surface area contributed by atoms with Gasteiger partial charge in [0, 0.05) is 26.8 Å². The summed E-state index contributed by atoms with van der Waals surface area (Å²) in [7, 11) is 1.79. The lowest BCUT2D eigenvalue weighted by Crippen LogP contribution is -2.47. The van der Waals surface area contributed by atoms with Crippen molar-refractivity contribution in [2.45, 2.75) is 52.5 Å². The zero-order valence-electron chi connectivity index (χ0n) is 15.9. The number of rotatable bonds is 9. The summed E-state index contributed by atoms with van der Waals surface area (Å²) in [5, 5.41) is 6.94. The number of ether oxygens (including phenoxy) is 1. The lowest BCUT2D eigenvalue weighted by Gasteiger charge is -2.42. The number of guanidine groups is 1. The van der Waals surface area contributed by atoms with Crippen LogP contribution in [0.15, 0.2) is 29.3 Å². The van der Waals surface area contributed by atoms with Gasteiger partial charge in [0.15, 0.2) is 5.96 Å². The molecule has 0 amide bonds. The quantitative estimate of drug-likeness (QED) is 0.332. The van der Waals surface area contributed by atoms with Crippen LogP contribution in [0.4, 0.5) is 0 Å². The molecule has 0 aromatic heterocycles. The predicted molar refractivity (Wildman–Crippen MR) is 117 cm³/mol. The first-order valence-electron chi connectivity index (χ1n) is 9.31. The molecule has 0 bridgehead atoms. The zero-order valence-corrected chi connectivity index (χ0v) is 18.3. The van der Waals surface area contributed by atoms with E-state index in [1.807, 2.05) is 0 Å². The van der Waals surface area contributed by atoms with Crippen molar-refractivity contribution < 1.29 is 4.74 Å². The molecule has 142 valence electrons. The maximum Gasteiger partial charge on any atom is 0.191 e. The summed E-state index contributed by atoms with van der Waals surface area (Å²) < 4.78 is 5.28. The molecule has 0 radical (unpaired) electrons. The van der Waals surface area contributed by atoms with Crippen molar-refractivity contribution in [3.8, 4) is 0 Å². The fourth-order valence-corrected chi connectivity index (χ4v) is 3.34. The van der Waals surface area contributed by atoms with Gasteiger partial charge in [-0.1, -0.05) is 37.6 Å².